The summed E-state index contributed by atoms with van der Waals surface area (Å²) in [4.78, 5) is 2.75. The van der Waals surface area contributed by atoms with Crippen LogP contribution >= 0.6 is 0 Å². The van der Waals surface area contributed by atoms with Crippen molar-refractivity contribution in [2.45, 2.75) is 45.2 Å². The maximum atomic E-state index is 2.75. The van der Waals surface area contributed by atoms with Crippen molar-refractivity contribution in [2.24, 2.45) is 5.92 Å². The molecule has 1 saturated heterocycles. The largest absolute Gasteiger partial charge is 0.296 e. The van der Waals surface area contributed by atoms with Gasteiger partial charge in [0.15, 0.2) is 0 Å². The van der Waals surface area contributed by atoms with Gasteiger partial charge < -0.3 is 0 Å². The fraction of sp³-hybridized carbons (Fsp3) is 0.429. The fourth-order valence-corrected chi connectivity index (χ4v) is 4.34. The Kier molecular flexibility index (Phi) is 3.75. The van der Waals surface area contributed by atoms with Gasteiger partial charge in [-0.3, -0.25) is 4.90 Å². The zero-order chi connectivity index (χ0) is 14.9. The van der Waals surface area contributed by atoms with Crippen molar-refractivity contribution in [3.8, 4) is 0 Å². The molecule has 114 valence electrons. The van der Waals surface area contributed by atoms with Gasteiger partial charge in [0.2, 0.25) is 0 Å². The number of aryl methyl sites for hydroxylation is 1. The van der Waals surface area contributed by atoms with Gasteiger partial charge in [0.05, 0.1) is 0 Å². The van der Waals surface area contributed by atoms with Crippen LogP contribution in [0.2, 0.25) is 0 Å². The summed E-state index contributed by atoms with van der Waals surface area (Å²) < 4.78 is 0. The Morgan fingerprint density at radius 1 is 0.955 bits per heavy atom. The van der Waals surface area contributed by atoms with E-state index < -0.39 is 0 Å². The SMILES string of the molecule is Cc1cccc(CN2C[C@@H]3CC[C@H]2Cc2ccccc2C3)c1. The smallest absolute Gasteiger partial charge is 0.0237 e. The van der Waals surface area contributed by atoms with Crippen LogP contribution in [0.25, 0.3) is 0 Å². The fourth-order valence-electron chi connectivity index (χ4n) is 4.34. The van der Waals surface area contributed by atoms with E-state index in [-0.39, 0.29) is 0 Å². The predicted molar refractivity (Wildman–Crippen MR) is 92.0 cm³/mol. The van der Waals surface area contributed by atoms with E-state index >= 15 is 0 Å². The predicted octanol–water partition coefficient (Wildman–Crippen LogP) is 4.37. The molecule has 0 radical (unpaired) electrons. The van der Waals surface area contributed by atoms with Crippen LogP contribution in [0.15, 0.2) is 48.5 Å². The minimum Gasteiger partial charge on any atom is -0.296 e. The topological polar surface area (TPSA) is 3.24 Å². The van der Waals surface area contributed by atoms with E-state index in [1.54, 1.807) is 11.1 Å². The third-order valence-corrected chi connectivity index (χ3v) is 5.47. The standard InChI is InChI=1S/C21H25N/c1-16-5-4-6-17(11-16)14-22-15-18-9-10-21(22)13-20-8-3-2-7-19(20)12-18/h2-8,11,18,21H,9-10,12-15H2,1H3/t18-,21+/m1/s1. The second-order valence-electron chi connectivity index (χ2n) is 7.19. The normalized spacial score (nSPS) is 24.6. The van der Waals surface area contributed by atoms with Crippen molar-refractivity contribution in [2.75, 3.05) is 6.54 Å². The van der Waals surface area contributed by atoms with E-state index in [1.807, 2.05) is 0 Å². The van der Waals surface area contributed by atoms with Crippen molar-refractivity contribution in [1.82, 2.24) is 4.90 Å². The van der Waals surface area contributed by atoms with Crippen molar-refractivity contribution < 1.29 is 0 Å². The van der Waals surface area contributed by atoms with Crippen LogP contribution in [-0.2, 0) is 19.4 Å². The molecular weight excluding hydrogens is 266 g/mol. The Morgan fingerprint density at radius 3 is 2.59 bits per heavy atom. The molecule has 2 atom stereocenters. The third-order valence-electron chi connectivity index (χ3n) is 5.47. The number of fused-ring (bicyclic) bond motifs is 2. The average Bonchev–Trinajstić information content (AvgIpc) is 2.48. The molecular formula is C21H25N. The highest BCUT2D eigenvalue weighted by molar-refractivity contribution is 5.30. The number of rotatable bonds is 2. The van der Waals surface area contributed by atoms with Crippen molar-refractivity contribution in [3.63, 3.8) is 0 Å². The summed E-state index contributed by atoms with van der Waals surface area (Å²) in [6, 6.07) is 18.9. The van der Waals surface area contributed by atoms with Crippen LogP contribution in [0.1, 0.15) is 35.1 Å². The zero-order valence-electron chi connectivity index (χ0n) is 13.5. The van der Waals surface area contributed by atoms with Crippen LogP contribution in [0.5, 0.6) is 0 Å². The summed E-state index contributed by atoms with van der Waals surface area (Å²) in [7, 11) is 0. The Morgan fingerprint density at radius 2 is 1.77 bits per heavy atom. The van der Waals surface area contributed by atoms with Crippen LogP contribution in [-0.4, -0.2) is 17.5 Å². The summed E-state index contributed by atoms with van der Waals surface area (Å²) in [5.41, 5.74) is 6.04. The van der Waals surface area contributed by atoms with Gasteiger partial charge in [-0.1, -0.05) is 54.1 Å². The number of benzene rings is 2. The summed E-state index contributed by atoms with van der Waals surface area (Å²) in [5, 5.41) is 0. The number of nitrogens with zero attached hydrogens (tertiary/aromatic N) is 1. The second-order valence-corrected chi connectivity index (χ2v) is 7.19. The summed E-state index contributed by atoms with van der Waals surface area (Å²) >= 11 is 0. The zero-order valence-corrected chi connectivity index (χ0v) is 13.5. The molecule has 0 saturated carbocycles. The molecule has 1 fully saturated rings. The van der Waals surface area contributed by atoms with Gasteiger partial charge in [0.1, 0.15) is 0 Å². The minimum absolute atomic E-state index is 0.721. The van der Waals surface area contributed by atoms with Gasteiger partial charge in [-0.2, -0.15) is 0 Å². The molecule has 0 spiro atoms. The Bertz CT molecular complexity index is 660. The Hall–Kier alpha value is -1.60. The molecule has 0 unspecified atom stereocenters. The first-order valence-electron chi connectivity index (χ1n) is 8.64. The van der Waals surface area contributed by atoms with Crippen LogP contribution in [0, 0.1) is 12.8 Å². The number of piperidine rings is 1. The lowest BCUT2D eigenvalue weighted by molar-refractivity contribution is 0.0938. The van der Waals surface area contributed by atoms with Gasteiger partial charge >= 0.3 is 0 Å². The van der Waals surface area contributed by atoms with E-state index in [1.165, 1.54) is 43.4 Å². The van der Waals surface area contributed by atoms with E-state index in [4.69, 9.17) is 0 Å². The molecule has 2 aromatic carbocycles. The molecule has 1 aliphatic carbocycles. The Balaban J connectivity index is 1.58. The molecule has 0 amide bonds. The van der Waals surface area contributed by atoms with Gasteiger partial charge in [0.25, 0.3) is 0 Å². The van der Waals surface area contributed by atoms with Crippen LogP contribution < -0.4 is 0 Å². The summed E-state index contributed by atoms with van der Waals surface area (Å²) in [6.45, 7) is 4.58. The van der Waals surface area contributed by atoms with Crippen LogP contribution in [0.4, 0.5) is 0 Å². The van der Waals surface area contributed by atoms with Gasteiger partial charge in [-0.05, 0) is 55.2 Å². The molecule has 1 nitrogen and oxygen atoms in total. The van der Waals surface area contributed by atoms with E-state index in [0.29, 0.717) is 0 Å². The maximum Gasteiger partial charge on any atom is 0.0237 e. The molecule has 0 aromatic heterocycles. The molecule has 22 heavy (non-hydrogen) atoms. The maximum absolute atomic E-state index is 2.75. The molecule has 2 heterocycles. The first kappa shape index (κ1) is 14.0. The quantitative estimate of drug-likeness (QED) is 0.794. The monoisotopic (exact) mass is 291 g/mol. The number of hydrogen-bond acceptors (Lipinski definition) is 1. The first-order valence-corrected chi connectivity index (χ1v) is 8.64. The third kappa shape index (κ3) is 2.83. The minimum atomic E-state index is 0.721. The molecule has 3 aliphatic rings. The van der Waals surface area contributed by atoms with Crippen molar-refractivity contribution in [1.29, 1.82) is 0 Å². The van der Waals surface area contributed by atoms with Gasteiger partial charge in [-0.15, -0.1) is 0 Å². The van der Waals surface area contributed by atoms with Crippen molar-refractivity contribution >= 4 is 0 Å². The van der Waals surface area contributed by atoms with Gasteiger partial charge in [-0.25, -0.2) is 0 Å². The molecule has 5 rings (SSSR count). The molecule has 2 bridgehead atoms. The highest BCUT2D eigenvalue weighted by Gasteiger charge is 2.31. The molecule has 2 aliphatic heterocycles. The van der Waals surface area contributed by atoms with E-state index in [2.05, 4.69) is 60.4 Å². The number of hydrogen-bond donors (Lipinski definition) is 0. The lowest BCUT2D eigenvalue weighted by Crippen LogP contribution is -2.46. The second kappa shape index (κ2) is 5.89. The lowest BCUT2D eigenvalue weighted by Gasteiger charge is -2.42. The summed E-state index contributed by atoms with van der Waals surface area (Å²) in [6.07, 6.45) is 5.27. The molecule has 0 N–H and O–H groups in total. The molecule has 2 aromatic rings. The highest BCUT2D eigenvalue weighted by atomic mass is 15.2. The highest BCUT2D eigenvalue weighted by Crippen LogP contribution is 2.33. The van der Waals surface area contributed by atoms with E-state index in [9.17, 15) is 0 Å². The first-order chi connectivity index (χ1) is 10.8. The summed E-state index contributed by atoms with van der Waals surface area (Å²) in [5.74, 6) is 0.836. The molecule has 1 heteroatoms. The lowest BCUT2D eigenvalue weighted by atomic mass is 9.80. The average molecular weight is 291 g/mol. The van der Waals surface area contributed by atoms with Crippen LogP contribution in [0.3, 0.4) is 0 Å². The Labute approximate surface area is 134 Å². The van der Waals surface area contributed by atoms with E-state index in [0.717, 1.165) is 18.5 Å². The van der Waals surface area contributed by atoms with Gasteiger partial charge in [0, 0.05) is 19.1 Å². The van der Waals surface area contributed by atoms with Crippen molar-refractivity contribution in [3.05, 3.63) is 70.8 Å².